The number of nitrogens with one attached hydrogen (secondary N) is 1. The van der Waals surface area contributed by atoms with Crippen LogP contribution in [-0.4, -0.2) is 9.78 Å². The quantitative estimate of drug-likeness (QED) is 0.900. The Hall–Kier alpha value is -1.84. The number of hydrogen-bond donors (Lipinski definition) is 1. The first-order chi connectivity index (χ1) is 10.2. The maximum Gasteiger partial charge on any atom is 0.123 e. The summed E-state index contributed by atoms with van der Waals surface area (Å²) >= 11 is 0. The van der Waals surface area contributed by atoms with Gasteiger partial charge in [0.25, 0.3) is 0 Å². The third-order valence-electron chi connectivity index (χ3n) is 4.26. The van der Waals surface area contributed by atoms with Crippen LogP contribution in [0.15, 0.2) is 30.5 Å². The Kier molecular flexibility index (Phi) is 4.23. The molecule has 3 nitrogen and oxygen atoms in total. The van der Waals surface area contributed by atoms with E-state index >= 15 is 0 Å². The summed E-state index contributed by atoms with van der Waals surface area (Å²) in [7, 11) is 0. The van der Waals surface area contributed by atoms with Crippen LogP contribution in [0.25, 0.3) is 0 Å². The van der Waals surface area contributed by atoms with E-state index in [2.05, 4.69) is 27.4 Å². The van der Waals surface area contributed by atoms with Crippen LogP contribution in [0.1, 0.15) is 49.4 Å². The SMILES string of the molecule is Cc1cc(F)ccc1NCc1ccn(C2CCCCC2)n1. The summed E-state index contributed by atoms with van der Waals surface area (Å²) in [5.41, 5.74) is 2.91. The summed E-state index contributed by atoms with van der Waals surface area (Å²) in [6, 6.07) is 7.45. The minimum Gasteiger partial charge on any atom is -0.379 e. The van der Waals surface area contributed by atoms with E-state index in [1.54, 1.807) is 12.1 Å². The van der Waals surface area contributed by atoms with Gasteiger partial charge in [-0.1, -0.05) is 19.3 Å². The van der Waals surface area contributed by atoms with Gasteiger partial charge in [0.15, 0.2) is 0 Å². The number of halogens is 1. The Morgan fingerprint density at radius 1 is 1.24 bits per heavy atom. The van der Waals surface area contributed by atoms with E-state index in [-0.39, 0.29) is 5.82 Å². The molecule has 1 saturated carbocycles. The third-order valence-corrected chi connectivity index (χ3v) is 4.26. The zero-order valence-electron chi connectivity index (χ0n) is 12.5. The second-order valence-corrected chi connectivity index (χ2v) is 5.89. The molecule has 21 heavy (non-hydrogen) atoms. The van der Waals surface area contributed by atoms with Crippen LogP contribution in [-0.2, 0) is 6.54 Å². The van der Waals surface area contributed by atoms with Gasteiger partial charge in [-0.25, -0.2) is 4.39 Å². The van der Waals surface area contributed by atoms with Crippen molar-refractivity contribution in [3.63, 3.8) is 0 Å². The van der Waals surface area contributed by atoms with Crippen molar-refractivity contribution in [2.24, 2.45) is 0 Å². The summed E-state index contributed by atoms with van der Waals surface area (Å²) in [6.07, 6.45) is 8.55. The third kappa shape index (κ3) is 3.43. The van der Waals surface area contributed by atoms with Crippen molar-refractivity contribution in [2.75, 3.05) is 5.32 Å². The molecule has 2 aromatic rings. The number of hydrogen-bond acceptors (Lipinski definition) is 2. The first-order valence-electron chi connectivity index (χ1n) is 7.76. The maximum absolute atomic E-state index is 13.1. The number of anilines is 1. The highest BCUT2D eigenvalue weighted by Crippen LogP contribution is 2.27. The molecule has 0 unspecified atom stereocenters. The molecule has 0 atom stereocenters. The summed E-state index contributed by atoms with van der Waals surface area (Å²) in [5.74, 6) is -0.195. The minimum absolute atomic E-state index is 0.195. The lowest BCUT2D eigenvalue weighted by atomic mass is 9.96. The Morgan fingerprint density at radius 2 is 2.05 bits per heavy atom. The molecule has 0 amide bonds. The molecule has 112 valence electrons. The fraction of sp³-hybridized carbons (Fsp3) is 0.471. The first-order valence-corrected chi connectivity index (χ1v) is 7.76. The standard InChI is InChI=1S/C17H22FN3/c1-13-11-14(18)7-8-17(13)19-12-15-9-10-21(20-15)16-5-3-2-4-6-16/h7-11,16,19H,2-6,12H2,1H3. The lowest BCUT2D eigenvalue weighted by molar-refractivity contribution is 0.328. The number of benzene rings is 1. The highest BCUT2D eigenvalue weighted by atomic mass is 19.1. The van der Waals surface area contributed by atoms with Crippen LogP contribution in [0.2, 0.25) is 0 Å². The average molecular weight is 287 g/mol. The number of nitrogens with zero attached hydrogens (tertiary/aromatic N) is 2. The molecule has 0 radical (unpaired) electrons. The monoisotopic (exact) mass is 287 g/mol. The second kappa shape index (κ2) is 6.29. The van der Waals surface area contributed by atoms with E-state index < -0.39 is 0 Å². The van der Waals surface area contributed by atoms with E-state index in [1.165, 1.54) is 38.2 Å². The van der Waals surface area contributed by atoms with Crippen molar-refractivity contribution in [3.05, 3.63) is 47.5 Å². The topological polar surface area (TPSA) is 29.9 Å². The van der Waals surface area contributed by atoms with Gasteiger partial charge in [0, 0.05) is 11.9 Å². The van der Waals surface area contributed by atoms with Gasteiger partial charge in [-0.05, 0) is 49.6 Å². The van der Waals surface area contributed by atoms with E-state index in [0.717, 1.165) is 16.9 Å². The van der Waals surface area contributed by atoms with E-state index in [9.17, 15) is 4.39 Å². The minimum atomic E-state index is -0.195. The summed E-state index contributed by atoms with van der Waals surface area (Å²) < 4.78 is 15.2. The highest BCUT2D eigenvalue weighted by molar-refractivity contribution is 5.50. The molecule has 1 aliphatic rings. The van der Waals surface area contributed by atoms with Crippen LogP contribution >= 0.6 is 0 Å². The zero-order valence-corrected chi connectivity index (χ0v) is 12.5. The molecule has 4 heteroatoms. The average Bonchev–Trinajstić information content (AvgIpc) is 2.96. The molecule has 3 rings (SSSR count). The number of rotatable bonds is 4. The highest BCUT2D eigenvalue weighted by Gasteiger charge is 2.15. The zero-order chi connectivity index (χ0) is 14.7. The van der Waals surface area contributed by atoms with Gasteiger partial charge in [0.2, 0.25) is 0 Å². The van der Waals surface area contributed by atoms with Gasteiger partial charge in [-0.2, -0.15) is 5.10 Å². The van der Waals surface area contributed by atoms with E-state index in [0.29, 0.717) is 12.6 Å². The molecule has 0 spiro atoms. The smallest absolute Gasteiger partial charge is 0.123 e. The van der Waals surface area contributed by atoms with E-state index in [4.69, 9.17) is 0 Å². The molecule has 0 saturated heterocycles. The molecule has 1 heterocycles. The van der Waals surface area contributed by atoms with Crippen LogP contribution < -0.4 is 5.32 Å². The molecule has 1 aromatic carbocycles. The van der Waals surface area contributed by atoms with Crippen molar-refractivity contribution in [2.45, 2.75) is 51.6 Å². The molecule has 1 fully saturated rings. The molecular formula is C17H22FN3. The van der Waals surface area contributed by atoms with Gasteiger partial charge in [-0.3, -0.25) is 4.68 Å². The number of aryl methyl sites for hydroxylation is 1. The maximum atomic E-state index is 13.1. The van der Waals surface area contributed by atoms with Crippen molar-refractivity contribution in [1.82, 2.24) is 9.78 Å². The summed E-state index contributed by atoms with van der Waals surface area (Å²) in [5, 5.41) is 8.01. The molecule has 1 aliphatic carbocycles. The Labute approximate surface area is 125 Å². The molecular weight excluding hydrogens is 265 g/mol. The molecule has 0 bridgehead atoms. The van der Waals surface area contributed by atoms with Gasteiger partial charge in [0.05, 0.1) is 18.3 Å². The molecule has 1 N–H and O–H groups in total. The lowest BCUT2D eigenvalue weighted by Gasteiger charge is -2.21. The van der Waals surface area contributed by atoms with Crippen molar-refractivity contribution >= 4 is 5.69 Å². The van der Waals surface area contributed by atoms with Crippen molar-refractivity contribution < 1.29 is 4.39 Å². The predicted octanol–water partition coefficient (Wildman–Crippen LogP) is 4.45. The van der Waals surface area contributed by atoms with Crippen LogP contribution in [0, 0.1) is 12.7 Å². The van der Waals surface area contributed by atoms with Crippen molar-refractivity contribution in [3.8, 4) is 0 Å². The Bertz CT molecular complexity index is 600. The number of aromatic nitrogens is 2. The van der Waals surface area contributed by atoms with Gasteiger partial charge >= 0.3 is 0 Å². The van der Waals surface area contributed by atoms with Gasteiger partial charge in [-0.15, -0.1) is 0 Å². The van der Waals surface area contributed by atoms with Crippen LogP contribution in [0.5, 0.6) is 0 Å². The second-order valence-electron chi connectivity index (χ2n) is 5.89. The molecule has 1 aromatic heterocycles. The largest absolute Gasteiger partial charge is 0.379 e. The van der Waals surface area contributed by atoms with E-state index in [1.807, 2.05) is 6.92 Å². The fourth-order valence-electron chi connectivity index (χ4n) is 3.03. The Morgan fingerprint density at radius 3 is 2.81 bits per heavy atom. The fourth-order valence-corrected chi connectivity index (χ4v) is 3.03. The normalized spacial score (nSPS) is 16.1. The van der Waals surface area contributed by atoms with Gasteiger partial charge < -0.3 is 5.32 Å². The predicted molar refractivity (Wildman–Crippen MR) is 82.8 cm³/mol. The lowest BCUT2D eigenvalue weighted by Crippen LogP contribution is -2.13. The Balaban J connectivity index is 1.61. The summed E-state index contributed by atoms with van der Waals surface area (Å²) in [4.78, 5) is 0. The van der Waals surface area contributed by atoms with Crippen molar-refractivity contribution in [1.29, 1.82) is 0 Å². The van der Waals surface area contributed by atoms with Gasteiger partial charge in [0.1, 0.15) is 5.82 Å². The van der Waals surface area contributed by atoms with Crippen LogP contribution in [0.4, 0.5) is 10.1 Å². The van der Waals surface area contributed by atoms with Crippen LogP contribution in [0.3, 0.4) is 0 Å². The molecule has 0 aliphatic heterocycles. The first kappa shape index (κ1) is 14.1. The summed E-state index contributed by atoms with van der Waals surface area (Å²) in [6.45, 7) is 2.58.